The Morgan fingerprint density at radius 3 is 2.71 bits per heavy atom. The first kappa shape index (κ1) is 8.94. The maximum atomic E-state index is 11.0. The van der Waals surface area contributed by atoms with Crippen LogP contribution >= 0.6 is 0 Å². The molecule has 1 aromatic rings. The van der Waals surface area contributed by atoms with Gasteiger partial charge in [0.2, 0.25) is 5.78 Å². The van der Waals surface area contributed by atoms with E-state index in [0.29, 0.717) is 0 Å². The first-order valence-electron chi connectivity index (χ1n) is 4.52. The van der Waals surface area contributed by atoms with Gasteiger partial charge < -0.3 is 5.11 Å². The van der Waals surface area contributed by atoms with Crippen molar-refractivity contribution in [3.8, 4) is 0 Å². The predicted molar refractivity (Wildman–Crippen MR) is 50.1 cm³/mol. The van der Waals surface area contributed by atoms with E-state index in [0.717, 1.165) is 12.0 Å². The van der Waals surface area contributed by atoms with Crippen LogP contribution in [-0.2, 0) is 16.0 Å². The lowest BCUT2D eigenvalue weighted by atomic mass is 9.75. The van der Waals surface area contributed by atoms with Gasteiger partial charge in [0.15, 0.2) is 0 Å². The van der Waals surface area contributed by atoms with Gasteiger partial charge in [0, 0.05) is 6.42 Å². The van der Waals surface area contributed by atoms with Crippen molar-refractivity contribution in [1.82, 2.24) is 0 Å². The smallest absolute Gasteiger partial charge is 0.372 e. The molecule has 0 amide bonds. The molecule has 0 aliphatic heterocycles. The van der Waals surface area contributed by atoms with Gasteiger partial charge in [0.1, 0.15) is 0 Å². The van der Waals surface area contributed by atoms with Crippen molar-refractivity contribution in [2.75, 3.05) is 0 Å². The Morgan fingerprint density at radius 1 is 1.36 bits per heavy atom. The van der Waals surface area contributed by atoms with Gasteiger partial charge in [0.25, 0.3) is 0 Å². The van der Waals surface area contributed by atoms with Crippen molar-refractivity contribution >= 4 is 11.8 Å². The summed E-state index contributed by atoms with van der Waals surface area (Å²) < 4.78 is 0. The summed E-state index contributed by atoms with van der Waals surface area (Å²) in [6.07, 6.45) is 0.960. The number of hydrogen-bond acceptors (Lipinski definition) is 2. The molecule has 1 aliphatic carbocycles. The highest BCUT2D eigenvalue weighted by Crippen LogP contribution is 2.37. The van der Waals surface area contributed by atoms with Crippen LogP contribution in [0.3, 0.4) is 0 Å². The van der Waals surface area contributed by atoms with Crippen molar-refractivity contribution in [2.24, 2.45) is 0 Å². The van der Waals surface area contributed by atoms with Crippen molar-refractivity contribution in [1.29, 1.82) is 0 Å². The minimum atomic E-state index is -1.32. The minimum Gasteiger partial charge on any atom is -0.476 e. The highest BCUT2D eigenvalue weighted by atomic mass is 16.4. The monoisotopic (exact) mass is 190 g/mol. The van der Waals surface area contributed by atoms with Gasteiger partial charge in [-0.15, -0.1) is 0 Å². The van der Waals surface area contributed by atoms with Gasteiger partial charge in [0.05, 0.1) is 0 Å². The average Bonchev–Trinajstić information content (AvgIpc) is 2.13. The zero-order chi connectivity index (χ0) is 10.1. The molecule has 3 heteroatoms. The molecule has 1 aliphatic rings. The quantitative estimate of drug-likeness (QED) is 0.732. The van der Waals surface area contributed by atoms with E-state index in [2.05, 4.69) is 0 Å². The molecule has 1 unspecified atom stereocenters. The summed E-state index contributed by atoms with van der Waals surface area (Å²) in [7, 11) is 0. The van der Waals surface area contributed by atoms with Crippen molar-refractivity contribution in [3.63, 3.8) is 0 Å². The Morgan fingerprint density at radius 2 is 2.07 bits per heavy atom. The molecular formula is C11H10O3. The van der Waals surface area contributed by atoms with Crippen LogP contribution in [0.25, 0.3) is 0 Å². The molecule has 1 atom stereocenters. The number of carboxylic acid groups (broad SMARTS) is 1. The number of benzene rings is 1. The van der Waals surface area contributed by atoms with E-state index in [1.54, 1.807) is 0 Å². The number of carbonyl (C=O) groups excluding carboxylic acids is 1. The van der Waals surface area contributed by atoms with Crippen molar-refractivity contribution < 1.29 is 14.7 Å². The third-order valence-corrected chi connectivity index (χ3v) is 2.63. The third-order valence-electron chi connectivity index (χ3n) is 2.63. The summed E-state index contributed by atoms with van der Waals surface area (Å²) in [5.41, 5.74) is 2.36. The van der Waals surface area contributed by atoms with Crippen LogP contribution in [0, 0.1) is 0 Å². The lowest BCUT2D eigenvalue weighted by Crippen LogP contribution is -2.23. The zero-order valence-corrected chi connectivity index (χ0v) is 7.56. The molecule has 0 aromatic heterocycles. The Bertz CT molecular complexity index is 395. The number of carbonyl (C=O) groups is 2. The standard InChI is InChI=1S/C11H10O3/c12-10(11(13)14)6-8-5-7-3-1-2-4-9(7)8/h1-4,8H,5-6H2,(H,13,14). The highest BCUT2D eigenvalue weighted by Gasteiger charge is 2.29. The van der Waals surface area contributed by atoms with Gasteiger partial charge in [-0.05, 0) is 23.5 Å². The Balaban J connectivity index is 2.06. The summed E-state index contributed by atoms with van der Waals surface area (Å²) in [5.74, 6) is -1.89. The normalized spacial score (nSPS) is 18.1. The lowest BCUT2D eigenvalue weighted by molar-refractivity contribution is -0.149. The van der Waals surface area contributed by atoms with E-state index in [1.165, 1.54) is 5.56 Å². The molecule has 72 valence electrons. The minimum absolute atomic E-state index is 0.120. The van der Waals surface area contributed by atoms with Gasteiger partial charge >= 0.3 is 5.97 Å². The molecule has 0 radical (unpaired) electrons. The second-order valence-corrected chi connectivity index (χ2v) is 3.53. The van der Waals surface area contributed by atoms with Crippen LogP contribution in [0.4, 0.5) is 0 Å². The van der Waals surface area contributed by atoms with Crippen LogP contribution < -0.4 is 0 Å². The molecule has 2 rings (SSSR count). The van der Waals surface area contributed by atoms with E-state index >= 15 is 0 Å². The maximum absolute atomic E-state index is 11.0. The predicted octanol–water partition coefficient (Wildman–Crippen LogP) is 1.37. The van der Waals surface area contributed by atoms with E-state index < -0.39 is 11.8 Å². The van der Waals surface area contributed by atoms with Crippen LogP contribution in [0.2, 0.25) is 0 Å². The number of aliphatic carboxylic acids is 1. The van der Waals surface area contributed by atoms with Gasteiger partial charge in [-0.1, -0.05) is 24.3 Å². The third kappa shape index (κ3) is 1.41. The summed E-state index contributed by atoms with van der Waals surface area (Å²) in [5, 5.41) is 8.45. The lowest BCUT2D eigenvalue weighted by Gasteiger charge is -2.28. The Labute approximate surface area is 81.4 Å². The number of hydrogen-bond donors (Lipinski definition) is 1. The summed E-state index contributed by atoms with van der Waals surface area (Å²) >= 11 is 0. The molecule has 1 aromatic carbocycles. The number of rotatable bonds is 3. The topological polar surface area (TPSA) is 54.4 Å². The summed E-state index contributed by atoms with van der Waals surface area (Å²) in [6, 6.07) is 7.83. The first-order valence-corrected chi connectivity index (χ1v) is 4.52. The number of ketones is 1. The van der Waals surface area contributed by atoms with Crippen LogP contribution in [0.5, 0.6) is 0 Å². The molecule has 0 fully saturated rings. The van der Waals surface area contributed by atoms with E-state index in [4.69, 9.17) is 5.11 Å². The van der Waals surface area contributed by atoms with Crippen LogP contribution in [-0.4, -0.2) is 16.9 Å². The largest absolute Gasteiger partial charge is 0.476 e. The van der Waals surface area contributed by atoms with Crippen molar-refractivity contribution in [3.05, 3.63) is 35.4 Å². The average molecular weight is 190 g/mol. The van der Waals surface area contributed by atoms with Gasteiger partial charge in [-0.2, -0.15) is 0 Å². The second kappa shape index (κ2) is 3.25. The highest BCUT2D eigenvalue weighted by molar-refractivity contribution is 6.32. The fraction of sp³-hybridized carbons (Fsp3) is 0.273. The summed E-state index contributed by atoms with van der Waals surface area (Å²) in [6.45, 7) is 0. The molecule has 3 nitrogen and oxygen atoms in total. The van der Waals surface area contributed by atoms with Gasteiger partial charge in [-0.3, -0.25) is 4.79 Å². The Hall–Kier alpha value is -1.64. The molecule has 0 bridgehead atoms. The number of carboxylic acids is 1. The second-order valence-electron chi connectivity index (χ2n) is 3.53. The molecule has 0 heterocycles. The molecular weight excluding hydrogens is 180 g/mol. The van der Waals surface area contributed by atoms with E-state index in [1.807, 2.05) is 24.3 Å². The fourth-order valence-electron chi connectivity index (χ4n) is 1.86. The van der Waals surface area contributed by atoms with E-state index in [9.17, 15) is 9.59 Å². The molecule has 0 saturated heterocycles. The maximum Gasteiger partial charge on any atom is 0.372 e. The van der Waals surface area contributed by atoms with Crippen molar-refractivity contribution in [2.45, 2.75) is 18.8 Å². The molecule has 0 saturated carbocycles. The molecule has 0 spiro atoms. The van der Waals surface area contributed by atoms with Crippen LogP contribution in [0.1, 0.15) is 23.5 Å². The molecule has 1 N–H and O–H groups in total. The van der Waals surface area contributed by atoms with E-state index in [-0.39, 0.29) is 12.3 Å². The zero-order valence-electron chi connectivity index (χ0n) is 7.56. The number of Topliss-reactive ketones (excluding diaryl/α,β-unsaturated/α-hetero) is 1. The number of fused-ring (bicyclic) bond motifs is 1. The van der Waals surface area contributed by atoms with Gasteiger partial charge in [-0.25, -0.2) is 4.79 Å². The fourth-order valence-corrected chi connectivity index (χ4v) is 1.86. The SMILES string of the molecule is O=C(O)C(=O)CC1Cc2ccccc21. The first-order chi connectivity index (χ1) is 6.68. The summed E-state index contributed by atoms with van der Waals surface area (Å²) in [4.78, 5) is 21.3. The molecule has 14 heavy (non-hydrogen) atoms. The van der Waals surface area contributed by atoms with Crippen LogP contribution in [0.15, 0.2) is 24.3 Å². The Kier molecular flexibility index (Phi) is 2.08.